The van der Waals surface area contributed by atoms with Gasteiger partial charge >= 0.3 is 0 Å². The number of oxazole rings is 1. The number of nitrogens with one attached hydrogen (secondary N) is 1. The molecule has 0 radical (unpaired) electrons. The second-order valence-electron chi connectivity index (χ2n) is 8.45. The van der Waals surface area contributed by atoms with Crippen LogP contribution >= 0.6 is 11.3 Å². The maximum Gasteiger partial charge on any atom is 0.266 e. The van der Waals surface area contributed by atoms with E-state index in [1.54, 1.807) is 6.20 Å². The molecule has 0 atom stereocenters. The van der Waals surface area contributed by atoms with Crippen molar-refractivity contribution in [3.8, 4) is 11.5 Å². The van der Waals surface area contributed by atoms with E-state index in [9.17, 15) is 4.79 Å². The zero-order valence-corrected chi connectivity index (χ0v) is 18.3. The first-order chi connectivity index (χ1) is 14.9. The summed E-state index contributed by atoms with van der Waals surface area (Å²) in [7, 11) is 0. The fourth-order valence-corrected chi connectivity index (χ4v) is 4.33. The Morgan fingerprint density at radius 1 is 1.06 bits per heavy atom. The first-order valence-corrected chi connectivity index (χ1v) is 10.9. The Labute approximate surface area is 183 Å². The number of hydrogen-bond donors (Lipinski definition) is 1. The minimum absolute atomic E-state index is 0.0211. The van der Waals surface area contributed by atoms with Crippen LogP contribution in [0.3, 0.4) is 0 Å². The molecule has 6 heteroatoms. The van der Waals surface area contributed by atoms with Crippen molar-refractivity contribution < 1.29 is 9.21 Å². The van der Waals surface area contributed by atoms with E-state index in [1.165, 1.54) is 16.9 Å². The molecule has 31 heavy (non-hydrogen) atoms. The van der Waals surface area contributed by atoms with Gasteiger partial charge in [-0.2, -0.15) is 0 Å². The summed E-state index contributed by atoms with van der Waals surface area (Å²) in [4.78, 5) is 22.8. The molecule has 1 amide bonds. The zero-order chi connectivity index (χ0) is 21.6. The van der Waals surface area contributed by atoms with Gasteiger partial charge in [0.15, 0.2) is 5.58 Å². The number of thiophene rings is 1. The normalized spacial score (nSPS) is 11.8. The molecule has 5 aromatic rings. The number of hydrogen-bond acceptors (Lipinski definition) is 5. The van der Waals surface area contributed by atoms with Crippen LogP contribution in [-0.4, -0.2) is 15.9 Å². The van der Waals surface area contributed by atoms with Gasteiger partial charge in [0.25, 0.3) is 5.91 Å². The highest BCUT2D eigenvalue weighted by Gasteiger charge is 2.21. The van der Waals surface area contributed by atoms with Crippen molar-refractivity contribution in [3.63, 3.8) is 0 Å². The Bertz CT molecular complexity index is 1420. The van der Waals surface area contributed by atoms with E-state index < -0.39 is 0 Å². The Balaban J connectivity index is 1.50. The quantitative estimate of drug-likeness (QED) is 0.350. The van der Waals surface area contributed by atoms with Gasteiger partial charge in [-0.3, -0.25) is 9.78 Å². The van der Waals surface area contributed by atoms with Crippen molar-refractivity contribution in [2.75, 3.05) is 5.32 Å². The minimum atomic E-state index is -0.208. The summed E-state index contributed by atoms with van der Waals surface area (Å²) < 4.78 is 5.99. The molecule has 2 aromatic carbocycles. The molecule has 0 spiro atoms. The monoisotopic (exact) mass is 427 g/mol. The van der Waals surface area contributed by atoms with Crippen molar-refractivity contribution in [1.29, 1.82) is 0 Å². The molecular formula is C25H21N3O2S. The minimum Gasteiger partial charge on any atom is -0.436 e. The number of carbonyl (C=O) groups excluding carboxylic acids is 1. The highest BCUT2D eigenvalue weighted by molar-refractivity contribution is 7.12. The average Bonchev–Trinajstić information content (AvgIpc) is 3.39. The largest absolute Gasteiger partial charge is 0.436 e. The van der Waals surface area contributed by atoms with Gasteiger partial charge in [-0.05, 0) is 46.7 Å². The summed E-state index contributed by atoms with van der Waals surface area (Å²) in [6.45, 7) is 6.50. The maximum atomic E-state index is 13.1. The number of anilines is 1. The number of rotatable bonds is 3. The van der Waals surface area contributed by atoms with Gasteiger partial charge in [-0.25, -0.2) is 4.98 Å². The maximum absolute atomic E-state index is 13.1. The number of aromatic nitrogens is 2. The number of fused-ring (bicyclic) bond motifs is 2. The van der Waals surface area contributed by atoms with Crippen LogP contribution in [0, 0.1) is 0 Å². The first-order valence-electron chi connectivity index (χ1n) is 10.0. The molecule has 0 aliphatic carbocycles. The number of benzene rings is 2. The molecule has 1 N–H and O–H groups in total. The fourth-order valence-electron chi connectivity index (χ4n) is 3.55. The van der Waals surface area contributed by atoms with Gasteiger partial charge in [-0.1, -0.05) is 45.0 Å². The number of carbonyl (C=O) groups is 1. The molecular weight excluding hydrogens is 406 g/mol. The number of nitrogens with zero attached hydrogens (tertiary/aromatic N) is 2. The second-order valence-corrected chi connectivity index (χ2v) is 9.37. The molecule has 0 fully saturated rings. The van der Waals surface area contributed by atoms with E-state index >= 15 is 0 Å². The van der Waals surface area contributed by atoms with Crippen LogP contribution in [0.4, 0.5) is 5.69 Å². The van der Waals surface area contributed by atoms with Crippen molar-refractivity contribution in [2.24, 2.45) is 0 Å². The lowest BCUT2D eigenvalue weighted by atomic mass is 9.87. The summed E-state index contributed by atoms with van der Waals surface area (Å²) in [6, 6.07) is 17.5. The van der Waals surface area contributed by atoms with Gasteiger partial charge in [0.05, 0.1) is 16.8 Å². The predicted octanol–water partition coefficient (Wildman–Crippen LogP) is 6.65. The highest BCUT2D eigenvalue weighted by Crippen LogP contribution is 2.33. The van der Waals surface area contributed by atoms with E-state index in [2.05, 4.69) is 48.2 Å². The predicted molar refractivity (Wildman–Crippen MR) is 126 cm³/mol. The molecule has 5 rings (SSSR count). The first kappa shape index (κ1) is 19.5. The van der Waals surface area contributed by atoms with Gasteiger partial charge in [0.2, 0.25) is 5.89 Å². The summed E-state index contributed by atoms with van der Waals surface area (Å²) in [5, 5.41) is 5.85. The third kappa shape index (κ3) is 3.59. The van der Waals surface area contributed by atoms with E-state index in [0.717, 1.165) is 16.4 Å². The summed E-state index contributed by atoms with van der Waals surface area (Å²) in [5.74, 6) is 0.240. The zero-order valence-electron chi connectivity index (χ0n) is 17.5. The third-order valence-electron chi connectivity index (χ3n) is 5.24. The Kier molecular flexibility index (Phi) is 4.59. The SMILES string of the molecule is CC(C)(C)c1ccc2oc(-c3ccsc3C(=O)Nc3cccc4cccnc34)nc2c1. The summed E-state index contributed by atoms with van der Waals surface area (Å²) >= 11 is 1.36. The topological polar surface area (TPSA) is 68.0 Å². The average molecular weight is 428 g/mol. The standard InChI is InChI=1S/C25H21N3O2S/c1-25(2,3)16-9-10-20-19(14-16)28-24(30-20)17-11-13-31-22(17)23(29)27-18-8-4-6-15-7-5-12-26-21(15)18/h4-14H,1-3H3,(H,27,29). The van der Waals surface area contributed by atoms with Crippen LogP contribution in [0.5, 0.6) is 0 Å². The molecule has 0 aliphatic heterocycles. The lowest BCUT2D eigenvalue weighted by molar-refractivity contribution is 0.103. The molecule has 3 aromatic heterocycles. The molecule has 3 heterocycles. The summed E-state index contributed by atoms with van der Waals surface area (Å²) in [6.07, 6.45) is 1.72. The van der Waals surface area contributed by atoms with Gasteiger partial charge in [0, 0.05) is 11.6 Å². The molecule has 0 bridgehead atoms. The molecule has 5 nitrogen and oxygen atoms in total. The van der Waals surface area contributed by atoms with Crippen LogP contribution in [0.25, 0.3) is 33.5 Å². The third-order valence-corrected chi connectivity index (χ3v) is 6.15. The fraction of sp³-hybridized carbons (Fsp3) is 0.160. The van der Waals surface area contributed by atoms with E-state index in [4.69, 9.17) is 4.42 Å². The molecule has 0 aliphatic rings. The molecule has 0 saturated heterocycles. The van der Waals surface area contributed by atoms with Gasteiger partial charge < -0.3 is 9.73 Å². The Morgan fingerprint density at radius 3 is 2.74 bits per heavy atom. The Hall–Kier alpha value is -3.51. The molecule has 154 valence electrons. The number of pyridine rings is 1. The van der Waals surface area contributed by atoms with Crippen LogP contribution in [0.2, 0.25) is 0 Å². The van der Waals surface area contributed by atoms with Crippen molar-refractivity contribution in [2.45, 2.75) is 26.2 Å². The van der Waals surface area contributed by atoms with Crippen LogP contribution in [0.1, 0.15) is 36.0 Å². The van der Waals surface area contributed by atoms with Crippen LogP contribution in [0.15, 0.2) is 70.6 Å². The van der Waals surface area contributed by atoms with E-state index in [-0.39, 0.29) is 11.3 Å². The molecule has 0 unspecified atom stereocenters. The Morgan fingerprint density at radius 2 is 1.90 bits per heavy atom. The molecule has 0 saturated carbocycles. The lowest BCUT2D eigenvalue weighted by Gasteiger charge is -2.18. The van der Waals surface area contributed by atoms with Crippen molar-refractivity contribution in [3.05, 3.63) is 76.6 Å². The summed E-state index contributed by atoms with van der Waals surface area (Å²) in [5.41, 5.74) is 4.82. The lowest BCUT2D eigenvalue weighted by Crippen LogP contribution is -2.11. The number of amides is 1. The van der Waals surface area contributed by atoms with Crippen molar-refractivity contribution in [1.82, 2.24) is 9.97 Å². The number of para-hydroxylation sites is 1. The smallest absolute Gasteiger partial charge is 0.266 e. The highest BCUT2D eigenvalue weighted by atomic mass is 32.1. The van der Waals surface area contributed by atoms with Crippen molar-refractivity contribution >= 4 is 44.9 Å². The van der Waals surface area contributed by atoms with Crippen LogP contribution in [-0.2, 0) is 5.41 Å². The second kappa shape index (κ2) is 7.32. The van der Waals surface area contributed by atoms with E-state index in [1.807, 2.05) is 47.8 Å². The van der Waals surface area contributed by atoms with Gasteiger partial charge in [0.1, 0.15) is 10.4 Å². The van der Waals surface area contributed by atoms with Crippen LogP contribution < -0.4 is 5.32 Å². The van der Waals surface area contributed by atoms with Gasteiger partial charge in [-0.15, -0.1) is 11.3 Å². The van der Waals surface area contributed by atoms with E-state index in [0.29, 0.717) is 27.6 Å².